The molecule has 0 aliphatic rings. The number of halogens is 1. The van der Waals surface area contributed by atoms with Crippen LogP contribution in [0.4, 0.5) is 0 Å². The van der Waals surface area contributed by atoms with Gasteiger partial charge < -0.3 is 15.1 Å². The molecule has 0 aliphatic heterocycles. The number of benzene rings is 1. The quantitative estimate of drug-likeness (QED) is 0.720. The Morgan fingerprint density at radius 1 is 1.12 bits per heavy atom. The van der Waals surface area contributed by atoms with Crippen molar-refractivity contribution in [1.82, 2.24) is 0 Å². The first-order chi connectivity index (χ1) is 7.99. The van der Waals surface area contributed by atoms with E-state index in [1.54, 1.807) is 13.8 Å². The molecule has 96 valence electrons. The average Bonchev–Trinajstić information content (AvgIpc) is 2.19. The maximum Gasteiger partial charge on any atom is 0.104 e. The van der Waals surface area contributed by atoms with Crippen molar-refractivity contribution >= 4 is 15.9 Å². The molecule has 1 rings (SSSR count). The van der Waals surface area contributed by atoms with Gasteiger partial charge in [0.15, 0.2) is 0 Å². The van der Waals surface area contributed by atoms with Gasteiger partial charge in [-0.05, 0) is 19.9 Å². The van der Waals surface area contributed by atoms with Gasteiger partial charge in [-0.25, -0.2) is 0 Å². The summed E-state index contributed by atoms with van der Waals surface area (Å²) in [4.78, 5) is 1.18. The summed E-state index contributed by atoms with van der Waals surface area (Å²) >= 11 is 3.52. The van der Waals surface area contributed by atoms with Crippen molar-refractivity contribution in [3.8, 4) is 0 Å². The van der Waals surface area contributed by atoms with Gasteiger partial charge in [0.2, 0.25) is 0 Å². The average molecular weight is 303 g/mol. The standard InChI is InChI=1S/C13H20BrNO2/c1-10(16)7-15(8-11(2)17)9-12-5-3-4-6-13(12)14/h3-6,10-11,16-17H,7-9H2,1-2H3/p+1/t10-,11-/m1/s1. The third kappa shape index (κ3) is 5.64. The maximum absolute atomic E-state index is 9.47. The molecule has 3 nitrogen and oxygen atoms in total. The zero-order chi connectivity index (χ0) is 12.8. The van der Waals surface area contributed by atoms with Gasteiger partial charge in [-0.15, -0.1) is 0 Å². The van der Waals surface area contributed by atoms with E-state index in [1.807, 2.05) is 18.2 Å². The highest BCUT2D eigenvalue weighted by Crippen LogP contribution is 2.14. The van der Waals surface area contributed by atoms with Crippen molar-refractivity contribution in [2.75, 3.05) is 13.1 Å². The SMILES string of the molecule is C[C@@H](O)C[NH+](Cc1ccccc1Br)C[C@@H](C)O. The Morgan fingerprint density at radius 2 is 1.65 bits per heavy atom. The van der Waals surface area contributed by atoms with Gasteiger partial charge in [-0.2, -0.15) is 0 Å². The third-order valence-corrected chi connectivity index (χ3v) is 3.34. The van der Waals surface area contributed by atoms with E-state index in [0.29, 0.717) is 13.1 Å². The molecule has 2 atom stereocenters. The summed E-state index contributed by atoms with van der Waals surface area (Å²) in [6, 6.07) is 8.06. The summed E-state index contributed by atoms with van der Waals surface area (Å²) in [6.45, 7) is 5.65. The fourth-order valence-corrected chi connectivity index (χ4v) is 2.40. The molecule has 4 heteroatoms. The summed E-state index contributed by atoms with van der Waals surface area (Å²) in [5, 5.41) is 18.9. The monoisotopic (exact) mass is 302 g/mol. The largest absolute Gasteiger partial charge is 0.388 e. The van der Waals surface area contributed by atoms with Crippen molar-refractivity contribution in [3.05, 3.63) is 34.3 Å². The Morgan fingerprint density at radius 3 is 2.12 bits per heavy atom. The van der Waals surface area contributed by atoms with Gasteiger partial charge in [-0.3, -0.25) is 0 Å². The van der Waals surface area contributed by atoms with Crippen LogP contribution in [0.25, 0.3) is 0 Å². The molecular weight excluding hydrogens is 282 g/mol. The first-order valence-corrected chi connectivity index (χ1v) is 6.71. The molecule has 0 heterocycles. The predicted molar refractivity (Wildman–Crippen MR) is 71.9 cm³/mol. The number of aliphatic hydroxyl groups excluding tert-OH is 2. The lowest BCUT2D eigenvalue weighted by Gasteiger charge is -2.22. The van der Waals surface area contributed by atoms with Crippen molar-refractivity contribution in [1.29, 1.82) is 0 Å². The number of aliphatic hydroxyl groups is 2. The van der Waals surface area contributed by atoms with E-state index in [0.717, 1.165) is 11.0 Å². The zero-order valence-electron chi connectivity index (χ0n) is 10.4. The number of rotatable bonds is 6. The van der Waals surface area contributed by atoms with Crippen LogP contribution < -0.4 is 4.90 Å². The summed E-state index contributed by atoms with van der Waals surface area (Å²) < 4.78 is 1.08. The molecule has 1 aromatic carbocycles. The first-order valence-electron chi connectivity index (χ1n) is 5.92. The van der Waals surface area contributed by atoms with Crippen LogP contribution in [0.1, 0.15) is 19.4 Å². The van der Waals surface area contributed by atoms with Crippen LogP contribution in [0.5, 0.6) is 0 Å². The van der Waals surface area contributed by atoms with Crippen molar-refractivity contribution in [2.45, 2.75) is 32.6 Å². The number of nitrogens with one attached hydrogen (secondary N) is 1. The maximum atomic E-state index is 9.47. The van der Waals surface area contributed by atoms with Crippen LogP contribution in [0, 0.1) is 0 Å². The summed E-state index contributed by atoms with van der Waals surface area (Å²) in [6.07, 6.45) is -0.711. The van der Waals surface area contributed by atoms with E-state index in [1.165, 1.54) is 10.5 Å². The van der Waals surface area contributed by atoms with Gasteiger partial charge in [0.25, 0.3) is 0 Å². The predicted octanol–water partition coefficient (Wildman–Crippen LogP) is 0.596. The third-order valence-electron chi connectivity index (χ3n) is 2.57. The lowest BCUT2D eigenvalue weighted by molar-refractivity contribution is -0.919. The van der Waals surface area contributed by atoms with Crippen LogP contribution in [-0.2, 0) is 6.54 Å². The van der Waals surface area contributed by atoms with E-state index < -0.39 is 0 Å². The van der Waals surface area contributed by atoms with E-state index in [9.17, 15) is 10.2 Å². The molecule has 0 spiro atoms. The molecule has 3 N–H and O–H groups in total. The normalized spacial score (nSPS) is 14.9. The fourth-order valence-electron chi connectivity index (χ4n) is 1.97. The van der Waals surface area contributed by atoms with Crippen molar-refractivity contribution < 1.29 is 15.1 Å². The van der Waals surface area contributed by atoms with Gasteiger partial charge >= 0.3 is 0 Å². The van der Waals surface area contributed by atoms with Crippen LogP contribution in [0.2, 0.25) is 0 Å². The van der Waals surface area contributed by atoms with Gasteiger partial charge in [-0.1, -0.05) is 34.1 Å². The van der Waals surface area contributed by atoms with Gasteiger partial charge in [0.05, 0.1) is 0 Å². The summed E-state index contributed by atoms with van der Waals surface area (Å²) in [7, 11) is 0. The number of hydrogen-bond donors (Lipinski definition) is 3. The van der Waals surface area contributed by atoms with E-state index in [4.69, 9.17) is 0 Å². The van der Waals surface area contributed by atoms with Crippen LogP contribution in [0.3, 0.4) is 0 Å². The highest BCUT2D eigenvalue weighted by atomic mass is 79.9. The highest BCUT2D eigenvalue weighted by molar-refractivity contribution is 9.10. The minimum atomic E-state index is -0.355. The number of hydrogen-bond acceptors (Lipinski definition) is 2. The first kappa shape index (κ1) is 14.6. The molecule has 0 radical (unpaired) electrons. The molecule has 1 aromatic rings. The van der Waals surface area contributed by atoms with Gasteiger partial charge in [0, 0.05) is 10.0 Å². The molecular formula is C13H21BrNO2+. The van der Waals surface area contributed by atoms with E-state index in [-0.39, 0.29) is 12.2 Å². The molecule has 0 unspecified atom stereocenters. The Hall–Kier alpha value is -0.420. The molecule has 0 bridgehead atoms. The van der Waals surface area contributed by atoms with Crippen molar-refractivity contribution in [3.63, 3.8) is 0 Å². The Kier molecular flexibility index (Phi) is 6.12. The van der Waals surface area contributed by atoms with Crippen LogP contribution in [-0.4, -0.2) is 35.5 Å². The van der Waals surface area contributed by atoms with Crippen LogP contribution in [0.15, 0.2) is 28.7 Å². The zero-order valence-corrected chi connectivity index (χ0v) is 11.9. The molecule has 0 saturated heterocycles. The van der Waals surface area contributed by atoms with E-state index in [2.05, 4.69) is 22.0 Å². The van der Waals surface area contributed by atoms with Gasteiger partial charge in [0.1, 0.15) is 31.8 Å². The second-order valence-corrected chi connectivity index (χ2v) is 5.48. The molecule has 0 fully saturated rings. The summed E-state index contributed by atoms with van der Waals surface area (Å²) in [5.41, 5.74) is 1.20. The fraction of sp³-hybridized carbons (Fsp3) is 0.538. The second kappa shape index (κ2) is 7.11. The van der Waals surface area contributed by atoms with E-state index >= 15 is 0 Å². The molecule has 0 aliphatic carbocycles. The lowest BCUT2D eigenvalue weighted by Crippen LogP contribution is -3.12. The minimum absolute atomic E-state index is 0.355. The number of quaternary nitrogens is 1. The Bertz CT molecular complexity index is 332. The topological polar surface area (TPSA) is 44.9 Å². The second-order valence-electron chi connectivity index (χ2n) is 4.62. The Labute approximate surface area is 111 Å². The smallest absolute Gasteiger partial charge is 0.104 e. The molecule has 0 aromatic heterocycles. The van der Waals surface area contributed by atoms with Crippen molar-refractivity contribution in [2.24, 2.45) is 0 Å². The van der Waals surface area contributed by atoms with Crippen LogP contribution >= 0.6 is 15.9 Å². The highest BCUT2D eigenvalue weighted by Gasteiger charge is 2.16. The lowest BCUT2D eigenvalue weighted by atomic mass is 10.2. The molecule has 17 heavy (non-hydrogen) atoms. The molecule has 0 saturated carbocycles. The minimum Gasteiger partial charge on any atom is -0.388 e. The summed E-state index contributed by atoms with van der Waals surface area (Å²) in [5.74, 6) is 0. The Balaban J connectivity index is 2.68. The molecule has 0 amide bonds.